The molecule has 2 amide bonds. The quantitative estimate of drug-likeness (QED) is 0.870. The fraction of sp³-hybridized carbons (Fsp3) is 0.556. The van der Waals surface area contributed by atoms with Crippen LogP contribution in [0.5, 0.6) is 0 Å². The van der Waals surface area contributed by atoms with Crippen molar-refractivity contribution in [3.8, 4) is 0 Å². The molecule has 23 heavy (non-hydrogen) atoms. The minimum absolute atomic E-state index is 0.0805. The number of carbonyl (C=O) groups excluding carboxylic acids is 2. The highest BCUT2D eigenvalue weighted by Crippen LogP contribution is 2.16. The molecule has 0 spiro atoms. The van der Waals surface area contributed by atoms with Gasteiger partial charge in [-0.2, -0.15) is 0 Å². The second-order valence-electron chi connectivity index (χ2n) is 6.32. The van der Waals surface area contributed by atoms with Crippen LogP contribution in [0, 0.1) is 0 Å². The Kier molecular flexibility index (Phi) is 6.59. The number of hydrogen-bond donors (Lipinski definition) is 1. The third-order valence-electron chi connectivity index (χ3n) is 4.31. The van der Waals surface area contributed by atoms with E-state index in [0.29, 0.717) is 19.5 Å². The van der Waals surface area contributed by atoms with E-state index >= 15 is 0 Å². The van der Waals surface area contributed by atoms with Gasteiger partial charge in [0.25, 0.3) is 0 Å². The van der Waals surface area contributed by atoms with E-state index < -0.39 is 0 Å². The third-order valence-corrected chi connectivity index (χ3v) is 4.31. The van der Waals surface area contributed by atoms with Crippen LogP contribution in [0.4, 0.5) is 0 Å². The molecule has 5 nitrogen and oxygen atoms in total. The van der Waals surface area contributed by atoms with Gasteiger partial charge in [0.1, 0.15) is 0 Å². The standard InChI is InChI=1S/C18H27N3O2/c1-20(2)16(15-9-5-3-6-10-15)13-19-17(22)14-21-12-8-4-7-11-18(21)23/h3,5-6,9-10,16H,4,7-8,11-14H2,1-2H3,(H,19,22)/t16-/m0/s1. The highest BCUT2D eigenvalue weighted by molar-refractivity contribution is 5.84. The predicted octanol–water partition coefficient (Wildman–Crippen LogP) is 1.81. The monoisotopic (exact) mass is 317 g/mol. The number of likely N-dealkylation sites (N-methyl/N-ethyl adjacent to an activating group) is 1. The van der Waals surface area contributed by atoms with Gasteiger partial charge < -0.3 is 15.1 Å². The number of nitrogens with zero attached hydrogens (tertiary/aromatic N) is 2. The summed E-state index contributed by atoms with van der Waals surface area (Å²) in [4.78, 5) is 27.9. The minimum atomic E-state index is -0.0805. The molecule has 1 aromatic rings. The molecule has 1 heterocycles. The van der Waals surface area contributed by atoms with Crippen molar-refractivity contribution in [3.63, 3.8) is 0 Å². The topological polar surface area (TPSA) is 52.7 Å². The maximum atomic E-state index is 12.2. The lowest BCUT2D eigenvalue weighted by atomic mass is 10.1. The van der Waals surface area contributed by atoms with Crippen LogP contribution in [0.25, 0.3) is 0 Å². The van der Waals surface area contributed by atoms with Gasteiger partial charge in [0.2, 0.25) is 11.8 Å². The SMILES string of the molecule is CN(C)[C@@H](CNC(=O)CN1CCCCCC1=O)c1ccccc1. The van der Waals surface area contributed by atoms with Gasteiger partial charge in [-0.1, -0.05) is 36.8 Å². The Morgan fingerprint density at radius 2 is 1.96 bits per heavy atom. The van der Waals surface area contributed by atoms with Gasteiger partial charge in [0.15, 0.2) is 0 Å². The number of benzene rings is 1. The summed E-state index contributed by atoms with van der Waals surface area (Å²) in [6.45, 7) is 1.41. The van der Waals surface area contributed by atoms with Crippen LogP contribution < -0.4 is 5.32 Å². The number of amides is 2. The van der Waals surface area contributed by atoms with Crippen molar-refractivity contribution in [2.45, 2.75) is 31.7 Å². The van der Waals surface area contributed by atoms with Crippen molar-refractivity contribution >= 4 is 11.8 Å². The summed E-state index contributed by atoms with van der Waals surface area (Å²) in [6, 6.07) is 10.2. The molecule has 2 rings (SSSR count). The van der Waals surface area contributed by atoms with Crippen LogP contribution in [-0.2, 0) is 9.59 Å². The van der Waals surface area contributed by atoms with Crippen molar-refractivity contribution in [1.82, 2.24) is 15.1 Å². The Bertz CT molecular complexity index is 516. The third kappa shape index (κ3) is 5.36. The van der Waals surface area contributed by atoms with Crippen LogP contribution >= 0.6 is 0 Å². The Labute approximate surface area is 138 Å². The Morgan fingerprint density at radius 3 is 2.65 bits per heavy atom. The summed E-state index contributed by atoms with van der Waals surface area (Å²) >= 11 is 0. The fourth-order valence-electron chi connectivity index (χ4n) is 2.92. The van der Waals surface area contributed by atoms with Crippen molar-refractivity contribution in [2.75, 3.05) is 33.7 Å². The van der Waals surface area contributed by atoms with Gasteiger partial charge in [0.05, 0.1) is 12.6 Å². The van der Waals surface area contributed by atoms with E-state index in [4.69, 9.17) is 0 Å². The van der Waals surface area contributed by atoms with Crippen LogP contribution in [0.3, 0.4) is 0 Å². The van der Waals surface area contributed by atoms with Gasteiger partial charge in [-0.15, -0.1) is 0 Å². The average Bonchev–Trinajstić information content (AvgIpc) is 2.73. The molecule has 1 atom stereocenters. The molecule has 0 aromatic heterocycles. The molecular formula is C18H27N3O2. The van der Waals surface area contributed by atoms with E-state index in [2.05, 4.69) is 22.3 Å². The number of nitrogens with one attached hydrogen (secondary N) is 1. The van der Waals surface area contributed by atoms with Crippen molar-refractivity contribution in [2.24, 2.45) is 0 Å². The van der Waals surface area contributed by atoms with E-state index in [9.17, 15) is 9.59 Å². The van der Waals surface area contributed by atoms with Crippen LogP contribution in [0.1, 0.15) is 37.3 Å². The molecule has 0 radical (unpaired) electrons. The molecule has 0 saturated carbocycles. The van der Waals surface area contributed by atoms with Crippen LogP contribution in [0.15, 0.2) is 30.3 Å². The molecule has 1 saturated heterocycles. The Morgan fingerprint density at radius 1 is 1.22 bits per heavy atom. The molecule has 1 aliphatic rings. The molecule has 0 unspecified atom stereocenters. The first-order valence-electron chi connectivity index (χ1n) is 8.34. The highest BCUT2D eigenvalue weighted by Gasteiger charge is 2.20. The lowest BCUT2D eigenvalue weighted by Crippen LogP contribution is -2.42. The summed E-state index contributed by atoms with van der Waals surface area (Å²) in [5.41, 5.74) is 1.17. The summed E-state index contributed by atoms with van der Waals surface area (Å²) in [6.07, 6.45) is 3.56. The fourth-order valence-corrected chi connectivity index (χ4v) is 2.92. The first kappa shape index (κ1) is 17.5. The van der Waals surface area contributed by atoms with E-state index in [1.54, 1.807) is 4.90 Å². The largest absolute Gasteiger partial charge is 0.353 e. The van der Waals surface area contributed by atoms with E-state index in [-0.39, 0.29) is 24.4 Å². The van der Waals surface area contributed by atoms with Gasteiger partial charge >= 0.3 is 0 Å². The normalized spacial score (nSPS) is 17.0. The summed E-state index contributed by atoms with van der Waals surface area (Å²) < 4.78 is 0. The zero-order chi connectivity index (χ0) is 16.7. The van der Waals surface area contributed by atoms with Gasteiger partial charge in [-0.05, 0) is 32.5 Å². The van der Waals surface area contributed by atoms with Crippen molar-refractivity contribution in [1.29, 1.82) is 0 Å². The molecule has 1 aromatic carbocycles. The maximum absolute atomic E-state index is 12.2. The lowest BCUT2D eigenvalue weighted by molar-refractivity contribution is -0.135. The number of carbonyl (C=O) groups is 2. The predicted molar refractivity (Wildman–Crippen MR) is 90.9 cm³/mol. The van der Waals surface area contributed by atoms with E-state index in [1.807, 2.05) is 32.3 Å². The molecule has 0 bridgehead atoms. The van der Waals surface area contributed by atoms with Gasteiger partial charge in [-0.25, -0.2) is 0 Å². The number of rotatable bonds is 6. The Balaban J connectivity index is 1.87. The van der Waals surface area contributed by atoms with Gasteiger partial charge in [0, 0.05) is 19.5 Å². The highest BCUT2D eigenvalue weighted by atomic mass is 16.2. The molecule has 0 aliphatic carbocycles. The average molecular weight is 317 g/mol. The second kappa shape index (κ2) is 8.67. The van der Waals surface area contributed by atoms with Crippen LogP contribution in [0.2, 0.25) is 0 Å². The zero-order valence-electron chi connectivity index (χ0n) is 14.1. The first-order valence-corrected chi connectivity index (χ1v) is 8.34. The van der Waals surface area contributed by atoms with Crippen LogP contribution in [-0.4, -0.2) is 55.3 Å². The Hall–Kier alpha value is -1.88. The minimum Gasteiger partial charge on any atom is -0.353 e. The van der Waals surface area contributed by atoms with Crippen molar-refractivity contribution in [3.05, 3.63) is 35.9 Å². The maximum Gasteiger partial charge on any atom is 0.239 e. The first-order chi connectivity index (χ1) is 11.1. The van der Waals surface area contributed by atoms with Crippen molar-refractivity contribution < 1.29 is 9.59 Å². The smallest absolute Gasteiger partial charge is 0.239 e. The summed E-state index contributed by atoms with van der Waals surface area (Å²) in [7, 11) is 4.00. The lowest BCUT2D eigenvalue weighted by Gasteiger charge is -2.26. The molecule has 1 aliphatic heterocycles. The number of likely N-dealkylation sites (tertiary alicyclic amines) is 1. The second-order valence-corrected chi connectivity index (χ2v) is 6.32. The molecule has 1 fully saturated rings. The van der Waals surface area contributed by atoms with Gasteiger partial charge in [-0.3, -0.25) is 9.59 Å². The number of hydrogen-bond acceptors (Lipinski definition) is 3. The molecule has 1 N–H and O–H groups in total. The summed E-state index contributed by atoms with van der Waals surface area (Å²) in [5.74, 6) is 0.0212. The van der Waals surface area contributed by atoms with E-state index in [1.165, 1.54) is 5.56 Å². The zero-order valence-corrected chi connectivity index (χ0v) is 14.1. The molecule has 126 valence electrons. The molecular weight excluding hydrogens is 290 g/mol. The van der Waals surface area contributed by atoms with E-state index in [0.717, 1.165) is 19.3 Å². The summed E-state index contributed by atoms with van der Waals surface area (Å²) in [5, 5.41) is 2.98. The molecule has 5 heteroatoms.